The highest BCUT2D eigenvalue weighted by molar-refractivity contribution is 6.07. The maximum absolute atomic E-state index is 12.5. The second-order valence-corrected chi connectivity index (χ2v) is 6.81. The van der Waals surface area contributed by atoms with Crippen molar-refractivity contribution in [1.82, 2.24) is 10.6 Å². The predicted octanol–water partition coefficient (Wildman–Crippen LogP) is 2.11. The highest BCUT2D eigenvalue weighted by Crippen LogP contribution is 2.18. The molecule has 7 heteroatoms. The Balaban J connectivity index is 2.09. The topological polar surface area (TPSA) is 116 Å². The van der Waals surface area contributed by atoms with Crippen LogP contribution in [-0.4, -0.2) is 46.7 Å². The number of hydrogen-bond donors (Lipinski definition) is 4. The molecule has 0 radical (unpaired) electrons. The Morgan fingerprint density at radius 2 is 1.56 bits per heavy atom. The summed E-state index contributed by atoms with van der Waals surface area (Å²) in [4.78, 5) is 35.4. The summed E-state index contributed by atoms with van der Waals surface area (Å²) >= 11 is 0. The highest BCUT2D eigenvalue weighted by atomic mass is 16.4. The Labute approximate surface area is 157 Å². The molecule has 0 heterocycles. The van der Waals surface area contributed by atoms with E-state index in [1.165, 1.54) is 0 Å². The van der Waals surface area contributed by atoms with Gasteiger partial charge in [0.1, 0.15) is 12.1 Å². The Morgan fingerprint density at radius 3 is 2.19 bits per heavy atom. The van der Waals surface area contributed by atoms with Crippen LogP contribution in [0, 0.1) is 5.92 Å². The molecule has 0 aliphatic rings. The summed E-state index contributed by atoms with van der Waals surface area (Å²) in [5.74, 6) is -2.66. The molecule has 0 bridgehead atoms. The Bertz CT molecular complexity index is 829. The quantitative estimate of drug-likeness (QED) is 0.536. The normalized spacial score (nSPS) is 13.3. The van der Waals surface area contributed by atoms with E-state index in [9.17, 15) is 24.6 Å². The van der Waals surface area contributed by atoms with Crippen molar-refractivity contribution in [2.75, 3.05) is 6.54 Å². The molecule has 1 amide bonds. The average Bonchev–Trinajstić information content (AvgIpc) is 2.62. The minimum atomic E-state index is -1.22. The van der Waals surface area contributed by atoms with Crippen LogP contribution in [0.5, 0.6) is 0 Å². The van der Waals surface area contributed by atoms with E-state index in [0.717, 1.165) is 10.8 Å². The number of hydrogen-bond acceptors (Lipinski definition) is 4. The zero-order valence-corrected chi connectivity index (χ0v) is 15.3. The van der Waals surface area contributed by atoms with Gasteiger partial charge in [0.2, 0.25) is 0 Å². The van der Waals surface area contributed by atoms with Crippen LogP contribution in [0.25, 0.3) is 10.8 Å². The van der Waals surface area contributed by atoms with E-state index in [2.05, 4.69) is 10.6 Å². The van der Waals surface area contributed by atoms with Gasteiger partial charge in [-0.1, -0.05) is 50.2 Å². The van der Waals surface area contributed by atoms with Crippen LogP contribution >= 0.6 is 0 Å². The summed E-state index contributed by atoms with van der Waals surface area (Å²) in [7, 11) is 0. The fourth-order valence-electron chi connectivity index (χ4n) is 2.89. The molecule has 2 atom stereocenters. The molecule has 2 aromatic rings. The van der Waals surface area contributed by atoms with Gasteiger partial charge >= 0.3 is 11.9 Å². The molecule has 0 saturated carbocycles. The first-order valence-electron chi connectivity index (χ1n) is 8.77. The van der Waals surface area contributed by atoms with Crippen molar-refractivity contribution < 1.29 is 24.6 Å². The standard InChI is InChI=1S/C20H24N2O5/c1-12(2)10-16(19(24)25)22-17(20(26)27)11-21-18(23)15-9-5-7-13-6-3-4-8-14(13)15/h3-9,12,16-17,22H,10-11H2,1-2H3,(H,21,23)(H,24,25)(H,26,27)/t16-,17?/m0/s1. The van der Waals surface area contributed by atoms with Gasteiger partial charge in [0.05, 0.1) is 0 Å². The summed E-state index contributed by atoms with van der Waals surface area (Å²) in [6, 6.07) is 10.5. The second kappa shape index (κ2) is 9.14. The molecule has 4 N–H and O–H groups in total. The number of carboxylic acid groups (broad SMARTS) is 2. The first-order valence-corrected chi connectivity index (χ1v) is 8.77. The lowest BCUT2D eigenvalue weighted by atomic mass is 10.0. The molecular weight excluding hydrogens is 348 g/mol. The Hall–Kier alpha value is -2.93. The summed E-state index contributed by atoms with van der Waals surface area (Å²) in [6.45, 7) is 3.49. The number of aliphatic carboxylic acids is 2. The van der Waals surface area contributed by atoms with Crippen molar-refractivity contribution in [2.24, 2.45) is 5.92 Å². The van der Waals surface area contributed by atoms with Crippen LogP contribution in [0.1, 0.15) is 30.6 Å². The number of carboxylic acids is 2. The molecule has 27 heavy (non-hydrogen) atoms. The van der Waals surface area contributed by atoms with Crippen molar-refractivity contribution in [3.8, 4) is 0 Å². The van der Waals surface area contributed by atoms with Crippen LogP contribution in [0.2, 0.25) is 0 Å². The van der Waals surface area contributed by atoms with Gasteiger partial charge in [-0.3, -0.25) is 19.7 Å². The van der Waals surface area contributed by atoms with Gasteiger partial charge in [0, 0.05) is 12.1 Å². The minimum absolute atomic E-state index is 0.0818. The third kappa shape index (κ3) is 5.52. The monoisotopic (exact) mass is 372 g/mol. The summed E-state index contributed by atoms with van der Waals surface area (Å²) in [5.41, 5.74) is 0.439. The lowest BCUT2D eigenvalue weighted by molar-refractivity contribution is -0.142. The van der Waals surface area contributed by atoms with Crippen molar-refractivity contribution in [3.05, 3.63) is 48.0 Å². The molecule has 0 aromatic heterocycles. The number of carbonyl (C=O) groups excluding carboxylic acids is 1. The molecule has 0 aliphatic heterocycles. The molecule has 2 rings (SSSR count). The van der Waals surface area contributed by atoms with E-state index >= 15 is 0 Å². The molecule has 0 spiro atoms. The number of carbonyl (C=O) groups is 3. The third-order valence-electron chi connectivity index (χ3n) is 4.21. The summed E-state index contributed by atoms with van der Waals surface area (Å²) in [6.07, 6.45) is 0.288. The molecule has 2 aromatic carbocycles. The van der Waals surface area contributed by atoms with Gasteiger partial charge in [-0.05, 0) is 29.2 Å². The molecule has 144 valence electrons. The van der Waals surface area contributed by atoms with E-state index in [1.54, 1.807) is 12.1 Å². The zero-order valence-electron chi connectivity index (χ0n) is 15.3. The maximum Gasteiger partial charge on any atom is 0.322 e. The van der Waals surface area contributed by atoms with Gasteiger partial charge in [-0.25, -0.2) is 0 Å². The van der Waals surface area contributed by atoms with E-state index in [1.807, 2.05) is 44.2 Å². The summed E-state index contributed by atoms with van der Waals surface area (Å²) < 4.78 is 0. The lowest BCUT2D eigenvalue weighted by Gasteiger charge is -2.22. The van der Waals surface area contributed by atoms with Gasteiger partial charge in [0.25, 0.3) is 5.91 Å². The van der Waals surface area contributed by atoms with Crippen molar-refractivity contribution >= 4 is 28.6 Å². The SMILES string of the molecule is CC(C)C[C@H](NC(CNC(=O)c1cccc2ccccc12)C(=O)O)C(=O)O. The van der Waals surface area contributed by atoms with Crippen LogP contribution in [-0.2, 0) is 9.59 Å². The largest absolute Gasteiger partial charge is 0.480 e. The van der Waals surface area contributed by atoms with Crippen LogP contribution < -0.4 is 10.6 Å². The van der Waals surface area contributed by atoms with Gasteiger partial charge in [-0.2, -0.15) is 0 Å². The van der Waals surface area contributed by atoms with E-state index in [-0.39, 0.29) is 18.9 Å². The van der Waals surface area contributed by atoms with Crippen LogP contribution in [0.4, 0.5) is 0 Å². The van der Waals surface area contributed by atoms with Gasteiger partial charge in [0.15, 0.2) is 0 Å². The number of amides is 1. The Kier molecular flexibility index (Phi) is 6.90. The van der Waals surface area contributed by atoms with Gasteiger partial charge in [-0.15, -0.1) is 0 Å². The van der Waals surface area contributed by atoms with E-state index < -0.39 is 29.9 Å². The van der Waals surface area contributed by atoms with Crippen molar-refractivity contribution in [3.63, 3.8) is 0 Å². The fraction of sp³-hybridized carbons (Fsp3) is 0.350. The number of fused-ring (bicyclic) bond motifs is 1. The number of rotatable bonds is 9. The number of nitrogens with one attached hydrogen (secondary N) is 2. The van der Waals surface area contributed by atoms with E-state index in [4.69, 9.17) is 0 Å². The molecule has 0 aliphatic carbocycles. The van der Waals surface area contributed by atoms with Crippen molar-refractivity contribution in [1.29, 1.82) is 0 Å². The molecular formula is C20H24N2O5. The van der Waals surface area contributed by atoms with E-state index in [0.29, 0.717) is 5.56 Å². The zero-order chi connectivity index (χ0) is 20.0. The molecule has 7 nitrogen and oxygen atoms in total. The predicted molar refractivity (Wildman–Crippen MR) is 102 cm³/mol. The average molecular weight is 372 g/mol. The van der Waals surface area contributed by atoms with Crippen molar-refractivity contribution in [2.45, 2.75) is 32.4 Å². The molecule has 1 unspecified atom stereocenters. The molecule has 0 saturated heterocycles. The van der Waals surface area contributed by atoms with Crippen LogP contribution in [0.15, 0.2) is 42.5 Å². The first kappa shape index (κ1) is 20.4. The maximum atomic E-state index is 12.5. The van der Waals surface area contributed by atoms with Gasteiger partial charge < -0.3 is 15.5 Å². The first-order chi connectivity index (χ1) is 12.8. The molecule has 0 fully saturated rings. The highest BCUT2D eigenvalue weighted by Gasteiger charge is 2.27. The minimum Gasteiger partial charge on any atom is -0.480 e. The second-order valence-electron chi connectivity index (χ2n) is 6.81. The Morgan fingerprint density at radius 1 is 0.926 bits per heavy atom. The van der Waals surface area contributed by atoms with Crippen LogP contribution in [0.3, 0.4) is 0 Å². The summed E-state index contributed by atoms with van der Waals surface area (Å²) in [5, 5.41) is 25.5. The number of benzene rings is 2. The smallest absolute Gasteiger partial charge is 0.322 e. The lowest BCUT2D eigenvalue weighted by Crippen LogP contribution is -2.52. The fourth-order valence-corrected chi connectivity index (χ4v) is 2.89. The third-order valence-corrected chi connectivity index (χ3v) is 4.21.